The van der Waals surface area contributed by atoms with Crippen LogP contribution in [0.4, 0.5) is 30.7 Å². The molecule has 1 aliphatic heterocycles. The zero-order valence-electron chi connectivity index (χ0n) is 22.7. The summed E-state index contributed by atoms with van der Waals surface area (Å²) in [6, 6.07) is 3.70. The van der Waals surface area contributed by atoms with Crippen molar-refractivity contribution in [3.63, 3.8) is 0 Å². The van der Waals surface area contributed by atoms with Crippen LogP contribution in [-0.2, 0) is 22.7 Å². The van der Waals surface area contributed by atoms with E-state index in [1.165, 1.54) is 13.8 Å². The maximum atomic E-state index is 13.8. The standard InChI is InChI=1S/C17H14ClF7O2.C10H9ClN4S/c1-6-11(19)13(21)7(14(22)12(6)20)5-27-15(26)10-8(16(10,2)3)4-9(18)17(23,24)25;11-9-2-1-8(5-13-9)6-15-3-4-16-10(15)14-7-12/h4,8,10H,5H2,1-3H3;1-2,5H,3-4,6H2/b9-4-;14-10-. The summed E-state index contributed by atoms with van der Waals surface area (Å²) in [6.07, 6.45) is -0.545. The lowest BCUT2D eigenvalue weighted by molar-refractivity contribution is -0.147. The van der Waals surface area contributed by atoms with Crippen molar-refractivity contribution in [3.8, 4) is 6.19 Å². The molecule has 0 amide bonds. The molecule has 4 rings (SSSR count). The number of carbonyl (C=O) groups is 1. The molecular weight excluding hydrogens is 648 g/mol. The average Bonchev–Trinajstić information content (AvgIpc) is 3.23. The number of thioether (sulfide) groups is 1. The highest BCUT2D eigenvalue weighted by Gasteiger charge is 2.62. The number of hydrogen-bond donors (Lipinski definition) is 0. The van der Waals surface area contributed by atoms with Crippen molar-refractivity contribution in [2.75, 3.05) is 12.3 Å². The zero-order valence-corrected chi connectivity index (χ0v) is 25.0. The van der Waals surface area contributed by atoms with E-state index in [0.717, 1.165) is 36.5 Å². The van der Waals surface area contributed by atoms with Crippen molar-refractivity contribution >= 4 is 46.1 Å². The SMILES string of the molecule is Cc1c(F)c(F)c(COC(=O)C2C(/C=C(\Cl)C(F)(F)F)C2(C)C)c(F)c1F.N#C/N=C1\SCCN1Cc1ccc(Cl)nc1. The van der Waals surface area contributed by atoms with Gasteiger partial charge in [0.05, 0.1) is 11.5 Å². The van der Waals surface area contributed by atoms with E-state index < -0.39 is 75.4 Å². The molecule has 2 heterocycles. The molecule has 1 aromatic heterocycles. The Kier molecular flexibility index (Phi) is 11.0. The van der Waals surface area contributed by atoms with Crippen LogP contribution in [0, 0.1) is 58.9 Å². The fourth-order valence-electron chi connectivity index (χ4n) is 4.28. The van der Waals surface area contributed by atoms with Crippen LogP contribution >= 0.6 is 35.0 Å². The molecule has 2 fully saturated rings. The Balaban J connectivity index is 0.000000268. The number of ether oxygens (including phenoxy) is 1. The molecule has 0 N–H and O–H groups in total. The zero-order chi connectivity index (χ0) is 32.3. The number of nitrogens with zero attached hydrogens (tertiary/aromatic N) is 4. The number of rotatable bonds is 6. The molecule has 0 bridgehead atoms. The summed E-state index contributed by atoms with van der Waals surface area (Å²) in [7, 11) is 0. The van der Waals surface area contributed by atoms with Crippen LogP contribution in [0.3, 0.4) is 0 Å². The Morgan fingerprint density at radius 3 is 2.40 bits per heavy atom. The topological polar surface area (TPSA) is 78.6 Å². The molecular formula is C27H23Cl2F7N4O2S. The lowest BCUT2D eigenvalue weighted by Crippen LogP contribution is -2.23. The number of aliphatic imine (C=N–C) groups is 1. The Bertz CT molecular complexity index is 1450. The third kappa shape index (κ3) is 8.13. The molecule has 43 heavy (non-hydrogen) atoms. The van der Waals surface area contributed by atoms with E-state index in [1.807, 2.05) is 12.3 Å². The molecule has 2 aromatic rings. The highest BCUT2D eigenvalue weighted by Crippen LogP contribution is 2.60. The molecule has 0 spiro atoms. The molecule has 6 nitrogen and oxygen atoms in total. The summed E-state index contributed by atoms with van der Waals surface area (Å²) in [5.74, 6) is -8.71. The van der Waals surface area contributed by atoms with E-state index >= 15 is 0 Å². The van der Waals surface area contributed by atoms with Gasteiger partial charge in [0.1, 0.15) is 16.8 Å². The summed E-state index contributed by atoms with van der Waals surface area (Å²) in [5, 5.41) is 8.41. The van der Waals surface area contributed by atoms with Crippen LogP contribution in [0.5, 0.6) is 0 Å². The predicted octanol–water partition coefficient (Wildman–Crippen LogP) is 7.67. The Labute approximate surface area is 256 Å². The first-order valence-corrected chi connectivity index (χ1v) is 14.1. The van der Waals surface area contributed by atoms with E-state index in [0.29, 0.717) is 11.2 Å². The number of amidine groups is 1. The molecule has 0 radical (unpaired) electrons. The number of hydrogen-bond acceptors (Lipinski definition) is 6. The first-order valence-electron chi connectivity index (χ1n) is 12.4. The van der Waals surface area contributed by atoms with Gasteiger partial charge in [0.25, 0.3) is 0 Å². The fraction of sp³-hybridized carbons (Fsp3) is 0.407. The lowest BCUT2D eigenvalue weighted by Gasteiger charge is -2.16. The Hall–Kier alpha value is -3.02. The molecule has 1 aliphatic carbocycles. The second kappa shape index (κ2) is 13.7. The van der Waals surface area contributed by atoms with Crippen molar-refractivity contribution in [2.45, 2.75) is 40.1 Å². The first kappa shape index (κ1) is 34.5. The van der Waals surface area contributed by atoms with Crippen LogP contribution in [0.1, 0.15) is 30.5 Å². The maximum absolute atomic E-state index is 13.8. The van der Waals surface area contributed by atoms with Gasteiger partial charge in [-0.2, -0.15) is 18.4 Å². The number of pyridine rings is 1. The van der Waals surface area contributed by atoms with Gasteiger partial charge in [0.2, 0.25) is 6.19 Å². The van der Waals surface area contributed by atoms with E-state index in [1.54, 1.807) is 24.0 Å². The summed E-state index contributed by atoms with van der Waals surface area (Å²) >= 11 is 12.5. The lowest BCUT2D eigenvalue weighted by atomic mass is 10.1. The van der Waals surface area contributed by atoms with Gasteiger partial charge >= 0.3 is 12.1 Å². The normalized spacial score (nSPS) is 20.4. The second-order valence-electron chi connectivity index (χ2n) is 10.1. The number of nitriles is 1. The van der Waals surface area contributed by atoms with Crippen molar-refractivity contribution < 1.29 is 40.3 Å². The maximum Gasteiger partial charge on any atom is 0.426 e. The molecule has 2 atom stereocenters. The minimum atomic E-state index is -4.78. The van der Waals surface area contributed by atoms with Gasteiger partial charge in [-0.3, -0.25) is 4.79 Å². The van der Waals surface area contributed by atoms with Crippen LogP contribution in [0.25, 0.3) is 0 Å². The third-order valence-electron chi connectivity index (χ3n) is 6.86. The van der Waals surface area contributed by atoms with Crippen LogP contribution in [0.15, 0.2) is 34.4 Å². The monoisotopic (exact) mass is 670 g/mol. The number of allylic oxidation sites excluding steroid dienone is 2. The van der Waals surface area contributed by atoms with E-state index in [4.69, 9.17) is 33.2 Å². The summed E-state index contributed by atoms with van der Waals surface area (Å²) in [5.41, 5.74) is -1.86. The van der Waals surface area contributed by atoms with Gasteiger partial charge in [0.15, 0.2) is 28.4 Å². The highest BCUT2D eigenvalue weighted by atomic mass is 35.5. The van der Waals surface area contributed by atoms with Crippen LogP contribution in [0.2, 0.25) is 5.15 Å². The third-order valence-corrected chi connectivity index (χ3v) is 8.42. The number of aromatic nitrogens is 1. The quantitative estimate of drug-likeness (QED) is 0.103. The number of carbonyl (C=O) groups excluding carboxylic acids is 1. The van der Waals surface area contributed by atoms with Gasteiger partial charge < -0.3 is 9.64 Å². The molecule has 232 valence electrons. The number of benzene rings is 1. The van der Waals surface area contributed by atoms with E-state index in [-0.39, 0.29) is 0 Å². The molecule has 1 aromatic carbocycles. The first-order chi connectivity index (χ1) is 20.0. The van der Waals surface area contributed by atoms with Crippen LogP contribution < -0.4 is 0 Å². The molecule has 2 unspecified atom stereocenters. The van der Waals surface area contributed by atoms with Gasteiger partial charge in [-0.25, -0.2) is 22.5 Å². The summed E-state index contributed by atoms with van der Waals surface area (Å²) in [4.78, 5) is 22.0. The second-order valence-corrected chi connectivity index (χ2v) is 11.9. The predicted molar refractivity (Wildman–Crippen MR) is 147 cm³/mol. The minimum absolute atomic E-state index is 0.491. The summed E-state index contributed by atoms with van der Waals surface area (Å²) in [6.45, 7) is 4.31. The van der Waals surface area contributed by atoms with E-state index in [9.17, 15) is 35.5 Å². The van der Waals surface area contributed by atoms with Gasteiger partial charge in [-0.05, 0) is 29.9 Å². The number of halogens is 9. The average molecular weight is 671 g/mol. The Morgan fingerprint density at radius 2 is 1.86 bits per heavy atom. The molecule has 16 heteroatoms. The van der Waals surface area contributed by atoms with Crippen molar-refractivity contribution in [1.82, 2.24) is 9.88 Å². The van der Waals surface area contributed by atoms with Gasteiger partial charge in [0, 0.05) is 30.6 Å². The molecule has 1 saturated carbocycles. The van der Waals surface area contributed by atoms with E-state index in [2.05, 4.69) is 14.9 Å². The molecule has 2 aliphatic rings. The largest absolute Gasteiger partial charge is 0.460 e. The van der Waals surface area contributed by atoms with Crippen molar-refractivity contribution in [2.24, 2.45) is 22.2 Å². The van der Waals surface area contributed by atoms with Gasteiger partial charge in [-0.15, -0.1) is 4.99 Å². The number of alkyl halides is 3. The molecule has 1 saturated heterocycles. The summed E-state index contributed by atoms with van der Waals surface area (Å²) < 4.78 is 96.8. The smallest absolute Gasteiger partial charge is 0.426 e. The minimum Gasteiger partial charge on any atom is -0.460 e. The number of esters is 1. The van der Waals surface area contributed by atoms with Gasteiger partial charge in [-0.1, -0.05) is 61.0 Å². The fourth-order valence-corrected chi connectivity index (χ4v) is 5.47. The van der Waals surface area contributed by atoms with Crippen molar-refractivity contribution in [3.05, 3.63) is 74.6 Å². The van der Waals surface area contributed by atoms with Crippen molar-refractivity contribution in [1.29, 1.82) is 5.26 Å². The Morgan fingerprint density at radius 1 is 1.23 bits per heavy atom. The van der Waals surface area contributed by atoms with Crippen LogP contribution in [-0.4, -0.2) is 39.5 Å². The highest BCUT2D eigenvalue weighted by molar-refractivity contribution is 8.14.